The molecule has 1 spiro atoms. The molecule has 21 rings (SSSR count). The molecule has 3 nitrogen and oxygen atoms in total. The van der Waals surface area contributed by atoms with Crippen molar-refractivity contribution in [1.82, 2.24) is 4.57 Å². The lowest BCUT2D eigenvalue weighted by Gasteiger charge is -2.46. The van der Waals surface area contributed by atoms with Crippen LogP contribution >= 0.6 is 0 Å². The molecule has 4 heteroatoms. The van der Waals surface area contributed by atoms with Crippen molar-refractivity contribution in [2.45, 2.75) is 31.6 Å². The summed E-state index contributed by atoms with van der Waals surface area (Å²) < 4.78 is 126. The Labute approximate surface area is 631 Å². The smallest absolute Gasteiger partial charge is 0.252 e. The number of fused-ring (bicyclic) bond motifs is 17. The lowest BCUT2D eigenvalue weighted by atomic mass is 9.33. The molecule has 4 aliphatic rings. The van der Waals surface area contributed by atoms with E-state index in [9.17, 15) is 16.4 Å². The van der Waals surface area contributed by atoms with E-state index in [4.69, 9.17) is 1.37 Å². The summed E-state index contributed by atoms with van der Waals surface area (Å²) in [5, 5.41) is -0.156. The molecule has 17 aromatic rings. The van der Waals surface area contributed by atoms with Gasteiger partial charge in [0.25, 0.3) is 6.71 Å². The van der Waals surface area contributed by atoms with Gasteiger partial charge in [-0.15, -0.1) is 0 Å². The Morgan fingerprint density at radius 2 is 0.733 bits per heavy atom. The molecule has 0 atom stereocenters. The van der Waals surface area contributed by atoms with Gasteiger partial charge in [0, 0.05) is 55.8 Å². The van der Waals surface area contributed by atoms with Crippen molar-refractivity contribution in [1.29, 1.82) is 0 Å². The number of para-hydroxylation sites is 3. The summed E-state index contributed by atoms with van der Waals surface area (Å²) in [5.41, 5.74) is 24.7. The van der Waals surface area contributed by atoms with Crippen molar-refractivity contribution in [2.75, 3.05) is 9.80 Å². The van der Waals surface area contributed by atoms with Gasteiger partial charge in [-0.1, -0.05) is 342 Å². The molecule has 105 heavy (non-hydrogen) atoms. The van der Waals surface area contributed by atoms with Crippen molar-refractivity contribution in [3.8, 4) is 94.7 Å². The first-order chi connectivity index (χ1) is 57.2. The summed E-state index contributed by atoms with van der Waals surface area (Å²) in [6.07, 6.45) is 0. The molecule has 2 aliphatic heterocycles. The number of rotatable bonds is 9. The highest BCUT2D eigenvalue weighted by Crippen LogP contribution is 2.65. The van der Waals surface area contributed by atoms with Crippen LogP contribution in [0, 0.1) is 0 Å². The standard InChI is InChI=1S/C101H70BN3/c1-100(2,3)72-61-83(68-37-15-7-16-38-68)99(84(62-72)69-39-17-8-18-40-69)105-93-60-71(74-46-29-49-82-79-43-21-26-52-87(79)101(96(74)82)85-50-24-19-41-77(85)78-42-20-25-51-86(78)101)55-57-88(93)102-89-59-70(65-31-9-4-10-32-65)56-58-92(89)104(98-75(66-33-11-5-12-34-66)47-30-48-76(98)67-35-13-6-14-36-67)94-63-73(64-95(105)97(94)102)103-90-53-27-22-44-80(90)81-45-23-28-54-91(81)103/h4-64H,1-3H3/i4D,9D,10D,22D,23D,27D,28D,31D,32D,44D,45D,53D,54D. The van der Waals surface area contributed by atoms with E-state index in [-0.39, 0.29) is 39.5 Å². The van der Waals surface area contributed by atoms with E-state index in [1.807, 2.05) is 84.9 Å². The van der Waals surface area contributed by atoms with Crippen LogP contribution in [0.1, 0.15) is 66.4 Å². The van der Waals surface area contributed by atoms with Gasteiger partial charge in [0.15, 0.2) is 0 Å². The number of anilines is 6. The second-order valence-electron chi connectivity index (χ2n) is 28.8. The molecule has 0 unspecified atom stereocenters. The average Bonchev–Trinajstić information content (AvgIpc) is 1.49. The predicted octanol–water partition coefficient (Wildman–Crippen LogP) is 24.5. The zero-order valence-electron chi connectivity index (χ0n) is 70.6. The Morgan fingerprint density at radius 1 is 0.305 bits per heavy atom. The molecule has 0 radical (unpaired) electrons. The van der Waals surface area contributed by atoms with Crippen molar-refractivity contribution < 1.29 is 17.8 Å². The molecule has 0 N–H and O–H groups in total. The highest BCUT2D eigenvalue weighted by atomic mass is 15.2. The Morgan fingerprint density at radius 3 is 1.27 bits per heavy atom. The summed E-state index contributed by atoms with van der Waals surface area (Å²) in [6.45, 7) is 5.85. The third-order valence-electron chi connectivity index (χ3n) is 22.3. The van der Waals surface area contributed by atoms with Gasteiger partial charge < -0.3 is 14.4 Å². The molecule has 0 fully saturated rings. The van der Waals surface area contributed by atoms with Crippen LogP contribution in [0.3, 0.4) is 0 Å². The third-order valence-corrected chi connectivity index (χ3v) is 22.3. The van der Waals surface area contributed by atoms with Crippen molar-refractivity contribution in [2.24, 2.45) is 0 Å². The summed E-state index contributed by atoms with van der Waals surface area (Å²) in [7, 11) is 0. The molecule has 2 aliphatic carbocycles. The second-order valence-corrected chi connectivity index (χ2v) is 28.8. The van der Waals surface area contributed by atoms with Gasteiger partial charge in [-0.2, -0.15) is 0 Å². The van der Waals surface area contributed by atoms with E-state index < -0.39 is 84.0 Å². The van der Waals surface area contributed by atoms with E-state index in [0.717, 1.165) is 117 Å². The van der Waals surface area contributed by atoms with Gasteiger partial charge in [-0.05, 0) is 165 Å². The van der Waals surface area contributed by atoms with Gasteiger partial charge in [-0.25, -0.2) is 0 Å². The molecule has 0 bridgehead atoms. The van der Waals surface area contributed by atoms with Gasteiger partial charge in [-0.3, -0.25) is 0 Å². The van der Waals surface area contributed by atoms with Gasteiger partial charge in [0.1, 0.15) is 0 Å². The summed E-state index contributed by atoms with van der Waals surface area (Å²) >= 11 is 0. The summed E-state index contributed by atoms with van der Waals surface area (Å²) in [4.78, 5) is 4.63. The molecule has 3 heterocycles. The lowest BCUT2D eigenvalue weighted by Crippen LogP contribution is -2.61. The van der Waals surface area contributed by atoms with E-state index >= 15 is 0 Å². The Hall–Kier alpha value is -13.0. The van der Waals surface area contributed by atoms with E-state index in [2.05, 4.69) is 237 Å². The van der Waals surface area contributed by atoms with Crippen molar-refractivity contribution in [3.63, 3.8) is 0 Å². The maximum absolute atomic E-state index is 10.2. The van der Waals surface area contributed by atoms with E-state index in [1.54, 1.807) is 4.57 Å². The first kappa shape index (κ1) is 48.7. The maximum Gasteiger partial charge on any atom is 0.252 e. The molecule has 0 saturated carbocycles. The molecule has 492 valence electrons. The van der Waals surface area contributed by atoms with Crippen LogP contribution in [0.25, 0.3) is 117 Å². The Bertz CT molecular complexity index is 6940. The summed E-state index contributed by atoms with van der Waals surface area (Å²) in [6, 6.07) is 95.4. The molecule has 16 aromatic carbocycles. The number of hydrogen-bond acceptors (Lipinski definition) is 2. The number of hydrogen-bond donors (Lipinski definition) is 0. The highest BCUT2D eigenvalue weighted by Gasteiger charge is 2.53. The van der Waals surface area contributed by atoms with Gasteiger partial charge in [0.05, 0.1) is 51.3 Å². The lowest BCUT2D eigenvalue weighted by molar-refractivity contribution is 0.591. The molecule has 1 aromatic heterocycles. The van der Waals surface area contributed by atoms with Crippen molar-refractivity contribution >= 4 is 79.0 Å². The van der Waals surface area contributed by atoms with Crippen LogP contribution in [-0.4, -0.2) is 11.3 Å². The zero-order chi connectivity index (χ0) is 81.0. The fourth-order valence-electron chi connectivity index (χ4n) is 17.9. The molecular weight excluding hydrogens is 1270 g/mol. The zero-order valence-corrected chi connectivity index (χ0v) is 57.6. The van der Waals surface area contributed by atoms with Crippen LogP contribution in [0.4, 0.5) is 34.1 Å². The molecular formula is C101H70BN3. The minimum Gasteiger partial charge on any atom is -0.310 e. The van der Waals surface area contributed by atoms with Crippen LogP contribution in [-0.2, 0) is 10.8 Å². The quantitative estimate of drug-likeness (QED) is 0.133. The normalized spacial score (nSPS) is 15.0. The number of aromatic nitrogens is 1. The van der Waals surface area contributed by atoms with Crippen LogP contribution in [0.2, 0.25) is 0 Å². The molecule has 0 saturated heterocycles. The Balaban J connectivity index is 0.992. The van der Waals surface area contributed by atoms with E-state index in [0.29, 0.717) is 33.8 Å². The summed E-state index contributed by atoms with van der Waals surface area (Å²) in [5.74, 6) is 0. The SMILES string of the molecule is [2H]c1c([2H])c([2H])c(-c2ccc3c(c2)B2c4ccc(-c5cccc6c5C5(c7ccccc7-c7ccccc75)c5ccccc5-6)cc4N(c4c(-c5ccccc5)cc(C(C)(C)C)cc4-c4ccccc4)c4cc(-n5c6c([2H])c([2H])c([2H])c([2H])c6c6c([2H])c([2H])c([2H])c([2H])c65)cc(c42)N3c2c(-c3ccccc3)cccc2-c2ccccc2)c([2H])c1[2H]. The third kappa shape index (κ3) is 9.06. The monoisotopic (exact) mass is 1350 g/mol. The number of benzene rings is 16. The minimum atomic E-state index is -0.813. The first-order valence-electron chi connectivity index (χ1n) is 42.3. The Kier molecular flexibility index (Phi) is 10.9. The van der Waals surface area contributed by atoms with Crippen molar-refractivity contribution in [3.05, 3.63) is 398 Å². The number of nitrogens with zero attached hydrogens (tertiary/aromatic N) is 3. The van der Waals surface area contributed by atoms with Crippen LogP contribution in [0.5, 0.6) is 0 Å². The largest absolute Gasteiger partial charge is 0.310 e. The fraction of sp³-hybridized carbons (Fsp3) is 0.0495. The van der Waals surface area contributed by atoms with E-state index in [1.165, 1.54) is 16.7 Å². The van der Waals surface area contributed by atoms with Crippen LogP contribution in [0.15, 0.2) is 370 Å². The highest BCUT2D eigenvalue weighted by molar-refractivity contribution is 7.00. The maximum atomic E-state index is 10.2. The average molecular weight is 1350 g/mol. The topological polar surface area (TPSA) is 11.4 Å². The van der Waals surface area contributed by atoms with Gasteiger partial charge in [0.2, 0.25) is 0 Å². The second kappa shape index (κ2) is 23.5. The minimum absolute atomic E-state index is 0.0201. The van der Waals surface area contributed by atoms with Gasteiger partial charge >= 0.3 is 0 Å². The first-order valence-corrected chi connectivity index (χ1v) is 35.8. The fourth-order valence-corrected chi connectivity index (χ4v) is 17.9. The molecule has 0 amide bonds. The van der Waals surface area contributed by atoms with Crippen LogP contribution < -0.4 is 26.2 Å². The predicted molar refractivity (Wildman–Crippen MR) is 442 cm³/mol.